The number of unbranched alkanes of at least 4 members (excludes halogenated alkanes) is 9. The fourth-order valence-electron chi connectivity index (χ4n) is 2.82. The average Bonchev–Trinajstić information content (AvgIpc) is 2.46. The second-order valence-electron chi connectivity index (χ2n) is 5.99. The molecular formula is C16H32LiNO. The van der Waals surface area contributed by atoms with E-state index in [9.17, 15) is 0 Å². The molecule has 3 heteroatoms. The van der Waals surface area contributed by atoms with Crippen LogP contribution in [0.3, 0.4) is 0 Å². The van der Waals surface area contributed by atoms with Crippen molar-refractivity contribution in [1.82, 2.24) is 4.90 Å². The summed E-state index contributed by atoms with van der Waals surface area (Å²) in [6.45, 7) is 5.48. The van der Waals surface area contributed by atoms with Gasteiger partial charge in [-0.05, 0) is 0 Å². The molecule has 1 aliphatic heterocycles. The molecule has 0 bridgehead atoms. The predicted molar refractivity (Wildman–Crippen MR) is 84.0 cm³/mol. The van der Waals surface area contributed by atoms with Crippen LogP contribution in [0.15, 0.2) is 0 Å². The Morgan fingerprint density at radius 2 is 1.16 bits per heavy atom. The van der Waals surface area contributed by atoms with Crippen LogP contribution in [0.5, 0.6) is 0 Å². The zero-order chi connectivity index (χ0) is 13.6. The van der Waals surface area contributed by atoms with E-state index in [1.807, 2.05) is 0 Å². The van der Waals surface area contributed by atoms with Gasteiger partial charge in [0.05, 0.1) is 13.2 Å². The molecule has 0 unspecified atom stereocenters. The molecule has 0 aromatic heterocycles. The second kappa shape index (κ2) is 13.5. The molecule has 2 nitrogen and oxygen atoms in total. The van der Waals surface area contributed by atoms with Gasteiger partial charge in [0.15, 0.2) is 0 Å². The summed E-state index contributed by atoms with van der Waals surface area (Å²) in [5, 5.41) is 1.36. The van der Waals surface area contributed by atoms with Crippen molar-refractivity contribution in [2.45, 2.75) is 69.3 Å². The number of rotatable bonds is 12. The van der Waals surface area contributed by atoms with Crippen LogP contribution >= 0.6 is 0 Å². The molecule has 1 heterocycles. The monoisotopic (exact) mass is 261 g/mol. The first-order valence-corrected chi connectivity index (χ1v) is 8.73. The number of ether oxygens (including phenoxy) is 1. The zero-order valence-electron chi connectivity index (χ0n) is 13.2. The summed E-state index contributed by atoms with van der Waals surface area (Å²) in [5.41, 5.74) is 0. The molecule has 0 aromatic rings. The summed E-state index contributed by atoms with van der Waals surface area (Å²) in [6.07, 6.45) is 14.5. The molecule has 0 aliphatic carbocycles. The minimum Gasteiger partial charge on any atom is -0.379 e. The van der Waals surface area contributed by atoms with Crippen LogP contribution < -0.4 is 0 Å². The topological polar surface area (TPSA) is 12.5 Å². The van der Waals surface area contributed by atoms with Crippen molar-refractivity contribution in [3.8, 4) is 0 Å². The van der Waals surface area contributed by atoms with Crippen LogP contribution in [0.4, 0.5) is 0 Å². The van der Waals surface area contributed by atoms with Gasteiger partial charge in [0.2, 0.25) is 0 Å². The standard InChI is InChI=1S/C16H32NO.Li/c1-2-3-4-5-6-7-8-9-10-11-12-17-13-15-18-16-14-17;/h1-16H2;. The van der Waals surface area contributed by atoms with Crippen molar-refractivity contribution in [2.75, 3.05) is 32.8 Å². The number of nitrogens with zero attached hydrogens (tertiary/aromatic N) is 1. The SMILES string of the molecule is [Li][CH2]CCCCCCCCCCCN1CCOCC1. The Kier molecular flexibility index (Phi) is 12.5. The van der Waals surface area contributed by atoms with E-state index in [-0.39, 0.29) is 0 Å². The molecule has 0 aromatic carbocycles. The molecule has 0 atom stereocenters. The molecule has 0 spiro atoms. The minimum atomic E-state index is 0.942. The predicted octanol–water partition coefficient (Wildman–Crippen LogP) is 3.81. The van der Waals surface area contributed by atoms with Gasteiger partial charge in [0, 0.05) is 13.1 Å². The van der Waals surface area contributed by atoms with E-state index in [0.717, 1.165) is 26.3 Å². The first-order chi connectivity index (χ1) is 9.43. The minimum absolute atomic E-state index is 0.942. The second-order valence-corrected chi connectivity index (χ2v) is 5.99. The first-order valence-electron chi connectivity index (χ1n) is 8.73. The molecule has 0 radical (unpaired) electrons. The van der Waals surface area contributed by atoms with E-state index in [1.54, 1.807) is 0 Å². The molecule has 1 aliphatic rings. The summed E-state index contributed by atoms with van der Waals surface area (Å²) >= 11 is 2.29. The van der Waals surface area contributed by atoms with Gasteiger partial charge in [-0.3, -0.25) is 4.90 Å². The Morgan fingerprint density at radius 1 is 0.684 bits per heavy atom. The summed E-state index contributed by atoms with van der Waals surface area (Å²) in [5.74, 6) is 0. The first kappa shape index (κ1) is 17.6. The maximum atomic E-state index is 5.36. The van der Waals surface area contributed by atoms with Crippen molar-refractivity contribution in [2.24, 2.45) is 0 Å². The van der Waals surface area contributed by atoms with Crippen LogP contribution in [-0.4, -0.2) is 55.5 Å². The third-order valence-electron chi connectivity index (χ3n) is 4.18. The van der Waals surface area contributed by atoms with E-state index < -0.39 is 0 Å². The average molecular weight is 261 g/mol. The normalized spacial score (nSPS) is 16.9. The Bertz CT molecular complexity index is 184. The van der Waals surface area contributed by atoms with Gasteiger partial charge in [-0.2, -0.15) is 0 Å². The molecular weight excluding hydrogens is 229 g/mol. The Labute approximate surface area is 129 Å². The van der Waals surface area contributed by atoms with Gasteiger partial charge in [0.25, 0.3) is 0 Å². The van der Waals surface area contributed by atoms with Gasteiger partial charge in [-0.15, -0.1) is 0 Å². The Morgan fingerprint density at radius 3 is 1.68 bits per heavy atom. The van der Waals surface area contributed by atoms with Gasteiger partial charge in [-0.25, -0.2) is 0 Å². The molecule has 1 fully saturated rings. The van der Waals surface area contributed by atoms with Crippen LogP contribution in [0.2, 0.25) is 5.09 Å². The smallest absolute Gasteiger partial charge is 0.379 e. The quantitative estimate of drug-likeness (QED) is 0.391. The fraction of sp³-hybridized carbons (Fsp3) is 1.00. The van der Waals surface area contributed by atoms with E-state index >= 15 is 0 Å². The van der Waals surface area contributed by atoms with Crippen LogP contribution in [0.1, 0.15) is 64.2 Å². The summed E-state index contributed by atoms with van der Waals surface area (Å²) < 4.78 is 5.36. The van der Waals surface area contributed by atoms with Crippen molar-refractivity contribution >= 4 is 17.7 Å². The summed E-state index contributed by atoms with van der Waals surface area (Å²) in [6, 6.07) is 0. The third kappa shape index (κ3) is 10.9. The molecule has 0 amide bonds. The van der Waals surface area contributed by atoms with E-state index in [1.165, 1.54) is 75.8 Å². The van der Waals surface area contributed by atoms with Gasteiger partial charge in [0.1, 0.15) is 0 Å². The van der Waals surface area contributed by atoms with Crippen LogP contribution in [-0.2, 0) is 4.74 Å². The molecule has 1 saturated heterocycles. The zero-order valence-corrected chi connectivity index (χ0v) is 13.2. The van der Waals surface area contributed by atoms with Crippen molar-refractivity contribution in [1.29, 1.82) is 0 Å². The molecule has 0 N–H and O–H groups in total. The van der Waals surface area contributed by atoms with Crippen LogP contribution in [0, 0.1) is 0 Å². The van der Waals surface area contributed by atoms with Crippen molar-refractivity contribution in [3.63, 3.8) is 0 Å². The summed E-state index contributed by atoms with van der Waals surface area (Å²) in [7, 11) is 0. The number of hydrogen-bond donors (Lipinski definition) is 0. The Balaban J connectivity index is 1.71. The van der Waals surface area contributed by atoms with Crippen molar-refractivity contribution < 1.29 is 4.74 Å². The van der Waals surface area contributed by atoms with E-state index in [0.29, 0.717) is 0 Å². The van der Waals surface area contributed by atoms with Gasteiger partial charge >= 0.3 is 93.6 Å². The fourth-order valence-corrected chi connectivity index (χ4v) is 2.82. The Hall–Kier alpha value is 0.517. The number of morpholine rings is 1. The molecule has 19 heavy (non-hydrogen) atoms. The third-order valence-corrected chi connectivity index (χ3v) is 4.18. The summed E-state index contributed by atoms with van der Waals surface area (Å²) in [4.78, 5) is 2.55. The van der Waals surface area contributed by atoms with Gasteiger partial charge in [-0.1, -0.05) is 0 Å². The molecule has 0 saturated carbocycles. The number of hydrogen-bond acceptors (Lipinski definition) is 2. The van der Waals surface area contributed by atoms with E-state index in [2.05, 4.69) is 22.6 Å². The molecule has 108 valence electrons. The van der Waals surface area contributed by atoms with Crippen LogP contribution in [0.25, 0.3) is 0 Å². The maximum absolute atomic E-state index is 5.36. The van der Waals surface area contributed by atoms with E-state index in [4.69, 9.17) is 4.74 Å². The molecule has 1 rings (SSSR count). The van der Waals surface area contributed by atoms with Gasteiger partial charge < -0.3 is 4.74 Å². The van der Waals surface area contributed by atoms with Crippen molar-refractivity contribution in [3.05, 3.63) is 0 Å².